The van der Waals surface area contributed by atoms with Crippen LogP contribution in [0, 0.1) is 40.3 Å². The highest BCUT2D eigenvalue weighted by molar-refractivity contribution is 5.63. The quantitative estimate of drug-likeness (QED) is 0.413. The third kappa shape index (κ3) is 3.03. The summed E-state index contributed by atoms with van der Waals surface area (Å²) >= 11 is 0. The summed E-state index contributed by atoms with van der Waals surface area (Å²) in [6.07, 6.45) is 2.93. The number of nitriles is 1. The molecule has 0 saturated heterocycles. The molecule has 1 unspecified atom stereocenters. The number of alkyl halides is 3. The van der Waals surface area contributed by atoms with Crippen molar-refractivity contribution in [2.24, 2.45) is 23.2 Å². The molecular weight excluding hydrogens is 406 g/mol. The molecule has 0 spiro atoms. The molecule has 160 valence electrons. The first kappa shape index (κ1) is 20.0. The number of rotatable bonds is 1. The second kappa shape index (κ2) is 6.81. The topological polar surface area (TPSA) is 41.6 Å². The second-order valence-corrected chi connectivity index (χ2v) is 8.97. The van der Waals surface area contributed by atoms with Gasteiger partial charge in [0.2, 0.25) is 0 Å². The Morgan fingerprint density at radius 2 is 1.97 bits per heavy atom. The summed E-state index contributed by atoms with van der Waals surface area (Å²) in [7, 11) is 0. The van der Waals surface area contributed by atoms with Gasteiger partial charge in [-0.1, -0.05) is 24.1 Å². The van der Waals surface area contributed by atoms with Crippen LogP contribution in [0.4, 0.5) is 17.6 Å². The molecule has 1 heterocycles. The van der Waals surface area contributed by atoms with Gasteiger partial charge in [-0.25, -0.2) is 9.07 Å². The van der Waals surface area contributed by atoms with Crippen LogP contribution in [-0.2, 0) is 6.42 Å². The predicted molar refractivity (Wildman–Crippen MR) is 107 cm³/mol. The lowest BCUT2D eigenvalue weighted by Gasteiger charge is -2.49. The van der Waals surface area contributed by atoms with Crippen molar-refractivity contribution < 1.29 is 17.6 Å². The molecule has 1 aromatic carbocycles. The van der Waals surface area contributed by atoms with Gasteiger partial charge in [0.05, 0.1) is 35.5 Å². The number of fused-ring (bicyclic) bond motifs is 4. The Hall–Kier alpha value is -2.88. The van der Waals surface area contributed by atoms with Gasteiger partial charge in [-0.2, -0.15) is 23.5 Å². The van der Waals surface area contributed by atoms with Gasteiger partial charge in [0.1, 0.15) is 5.82 Å². The second-order valence-electron chi connectivity index (χ2n) is 8.97. The van der Waals surface area contributed by atoms with E-state index < -0.39 is 23.4 Å². The van der Waals surface area contributed by atoms with Crippen molar-refractivity contribution in [3.63, 3.8) is 0 Å². The molecule has 2 aromatic rings. The van der Waals surface area contributed by atoms with Gasteiger partial charge in [0, 0.05) is 5.41 Å². The molecule has 1 aromatic heterocycles. The standard InChI is InChI=1S/C24H21F4N3/c1-23-11-14-13-30-31(17-5-3-16(25)4-6-17)22(14)10-15(23)2-7-18-19(12-29)21(24(26,27)28)9-8-20(18)23/h3-6,8,10,13,18-19,21H,2,7,9,11H2,1H3/t18?,19-,21-,23+/m1/s1. The zero-order chi connectivity index (χ0) is 22.0. The van der Waals surface area contributed by atoms with Gasteiger partial charge in [-0.15, -0.1) is 0 Å². The Kier molecular flexibility index (Phi) is 4.40. The first-order chi connectivity index (χ1) is 14.7. The van der Waals surface area contributed by atoms with Gasteiger partial charge in [-0.05, 0) is 67.5 Å². The lowest BCUT2D eigenvalue weighted by Crippen LogP contribution is -2.44. The highest BCUT2D eigenvalue weighted by Crippen LogP contribution is 2.58. The van der Waals surface area contributed by atoms with Crippen molar-refractivity contribution in [1.29, 1.82) is 5.26 Å². The first-order valence-electron chi connectivity index (χ1n) is 10.4. The van der Waals surface area contributed by atoms with Crippen LogP contribution in [0.15, 0.2) is 47.7 Å². The smallest absolute Gasteiger partial charge is 0.233 e. The van der Waals surface area contributed by atoms with E-state index >= 15 is 0 Å². The Labute approximate surface area is 177 Å². The molecule has 1 saturated carbocycles. The summed E-state index contributed by atoms with van der Waals surface area (Å²) in [5, 5.41) is 14.1. The molecule has 7 heteroatoms. The third-order valence-corrected chi connectivity index (χ3v) is 7.31. The number of nitrogens with zero attached hydrogens (tertiary/aromatic N) is 3. The van der Waals surface area contributed by atoms with Crippen LogP contribution in [0.1, 0.15) is 37.4 Å². The minimum atomic E-state index is -4.37. The maximum Gasteiger partial charge on any atom is 0.393 e. The first-order valence-corrected chi connectivity index (χ1v) is 10.4. The molecule has 3 nitrogen and oxygen atoms in total. The van der Waals surface area contributed by atoms with Crippen LogP contribution < -0.4 is 0 Å². The Morgan fingerprint density at radius 3 is 2.65 bits per heavy atom. The molecule has 3 aliphatic rings. The van der Waals surface area contributed by atoms with Crippen molar-refractivity contribution in [3.8, 4) is 11.8 Å². The predicted octanol–water partition coefficient (Wildman–Crippen LogP) is 6.02. The molecule has 31 heavy (non-hydrogen) atoms. The summed E-state index contributed by atoms with van der Waals surface area (Å²) in [6, 6.07) is 8.12. The average molecular weight is 427 g/mol. The summed E-state index contributed by atoms with van der Waals surface area (Å²) in [5.74, 6) is -3.33. The average Bonchev–Trinajstić information content (AvgIpc) is 3.13. The number of hydrogen-bond donors (Lipinski definition) is 0. The van der Waals surface area contributed by atoms with E-state index in [1.165, 1.54) is 12.1 Å². The fourth-order valence-electron chi connectivity index (χ4n) is 5.75. The minimum Gasteiger partial charge on any atom is -0.233 e. The van der Waals surface area contributed by atoms with E-state index in [9.17, 15) is 22.8 Å². The molecule has 4 atom stereocenters. The SMILES string of the molecule is C[C@]12Cc3cnn(-c4ccc(F)cc4)c3C=C1CCC1C2=CC[C@@H](C(F)(F)F)[C@@H]1C#N. The van der Waals surface area contributed by atoms with Crippen LogP contribution in [-0.4, -0.2) is 16.0 Å². The monoisotopic (exact) mass is 427 g/mol. The maximum atomic E-state index is 13.5. The zero-order valence-electron chi connectivity index (χ0n) is 17.0. The van der Waals surface area contributed by atoms with Crippen molar-refractivity contribution in [2.75, 3.05) is 0 Å². The minimum absolute atomic E-state index is 0.141. The number of benzene rings is 1. The normalized spacial score (nSPS) is 29.7. The van der Waals surface area contributed by atoms with E-state index in [0.29, 0.717) is 19.3 Å². The van der Waals surface area contributed by atoms with E-state index in [1.807, 2.05) is 6.07 Å². The maximum absolute atomic E-state index is 13.5. The van der Waals surface area contributed by atoms with Crippen molar-refractivity contribution in [3.05, 3.63) is 64.8 Å². The van der Waals surface area contributed by atoms with Crippen molar-refractivity contribution >= 4 is 6.08 Å². The van der Waals surface area contributed by atoms with Crippen LogP contribution in [0.3, 0.4) is 0 Å². The number of halogens is 4. The van der Waals surface area contributed by atoms with E-state index in [1.54, 1.807) is 29.1 Å². The molecule has 0 radical (unpaired) electrons. The molecular formula is C24H21F4N3. The van der Waals surface area contributed by atoms with Gasteiger partial charge < -0.3 is 0 Å². The summed E-state index contributed by atoms with van der Waals surface area (Å²) < 4.78 is 55.7. The Bertz CT molecular complexity index is 1130. The molecule has 3 aliphatic carbocycles. The Balaban J connectivity index is 1.55. The van der Waals surface area contributed by atoms with E-state index in [-0.39, 0.29) is 18.2 Å². The zero-order valence-corrected chi connectivity index (χ0v) is 17.0. The summed E-state index contributed by atoms with van der Waals surface area (Å²) in [5.41, 5.74) is 4.41. The van der Waals surface area contributed by atoms with Gasteiger partial charge >= 0.3 is 6.18 Å². The molecule has 0 bridgehead atoms. The van der Waals surface area contributed by atoms with Crippen molar-refractivity contribution in [2.45, 2.75) is 38.8 Å². The van der Waals surface area contributed by atoms with Crippen LogP contribution in [0.5, 0.6) is 0 Å². The summed E-state index contributed by atoms with van der Waals surface area (Å²) in [4.78, 5) is 0. The number of hydrogen-bond acceptors (Lipinski definition) is 2. The molecule has 5 rings (SSSR count). The van der Waals surface area contributed by atoms with E-state index in [2.05, 4.69) is 18.1 Å². The molecule has 1 fully saturated rings. The molecule has 0 amide bonds. The Morgan fingerprint density at radius 1 is 1.23 bits per heavy atom. The van der Waals surface area contributed by atoms with Gasteiger partial charge in [0.15, 0.2) is 0 Å². The highest BCUT2D eigenvalue weighted by atomic mass is 19.4. The highest BCUT2D eigenvalue weighted by Gasteiger charge is 2.54. The van der Waals surface area contributed by atoms with E-state index in [4.69, 9.17) is 0 Å². The molecule has 0 aliphatic heterocycles. The largest absolute Gasteiger partial charge is 0.393 e. The van der Waals surface area contributed by atoms with Crippen LogP contribution in [0.2, 0.25) is 0 Å². The lowest BCUT2D eigenvalue weighted by molar-refractivity contribution is -0.188. The van der Waals surface area contributed by atoms with Crippen LogP contribution >= 0.6 is 0 Å². The van der Waals surface area contributed by atoms with E-state index in [0.717, 1.165) is 28.1 Å². The third-order valence-electron chi connectivity index (χ3n) is 7.31. The summed E-state index contributed by atoms with van der Waals surface area (Å²) in [6.45, 7) is 2.08. The van der Waals surface area contributed by atoms with Gasteiger partial charge in [0.25, 0.3) is 0 Å². The number of aromatic nitrogens is 2. The molecule has 0 N–H and O–H groups in total. The fourth-order valence-corrected chi connectivity index (χ4v) is 5.75. The lowest BCUT2D eigenvalue weighted by atomic mass is 9.54. The van der Waals surface area contributed by atoms with Gasteiger partial charge in [-0.3, -0.25) is 0 Å². The van der Waals surface area contributed by atoms with Crippen molar-refractivity contribution in [1.82, 2.24) is 9.78 Å². The number of allylic oxidation sites excluding steroid dienone is 3. The fraction of sp³-hybridized carbons (Fsp3) is 0.417. The van der Waals surface area contributed by atoms with Crippen LogP contribution in [0.25, 0.3) is 11.8 Å².